The van der Waals surface area contributed by atoms with Gasteiger partial charge in [-0.25, -0.2) is 13.1 Å². The van der Waals surface area contributed by atoms with Crippen molar-refractivity contribution in [1.29, 1.82) is 0 Å². The highest BCUT2D eigenvalue weighted by atomic mass is 32.2. The minimum atomic E-state index is -3.59. The van der Waals surface area contributed by atoms with E-state index in [1.807, 2.05) is 45.3 Å². The van der Waals surface area contributed by atoms with Crippen LogP contribution in [0.4, 0.5) is 0 Å². The van der Waals surface area contributed by atoms with Crippen molar-refractivity contribution >= 4 is 10.0 Å². The molecule has 6 heteroatoms. The average Bonchev–Trinajstić information content (AvgIpc) is 3.13. The standard InChI is InChI=1S/C24H29N3O2S/c1-18-10-11-24(19(2)15-18)30(28,29)25-16-23(22-9-6-13-26(22)3)27-14-12-20-7-4-5-8-21(20)17-27/h4-11,13,15,23,25H,12,14,16-17H2,1-3H3/t23-/m0/s1. The quantitative estimate of drug-likeness (QED) is 0.657. The van der Waals surface area contributed by atoms with Crippen LogP contribution in [-0.2, 0) is 30.0 Å². The largest absolute Gasteiger partial charge is 0.353 e. The van der Waals surface area contributed by atoms with E-state index < -0.39 is 10.0 Å². The van der Waals surface area contributed by atoms with Crippen molar-refractivity contribution in [3.63, 3.8) is 0 Å². The first-order valence-electron chi connectivity index (χ1n) is 10.3. The summed E-state index contributed by atoms with van der Waals surface area (Å²) in [6.07, 6.45) is 2.99. The van der Waals surface area contributed by atoms with Crippen molar-refractivity contribution < 1.29 is 8.42 Å². The van der Waals surface area contributed by atoms with Gasteiger partial charge in [0, 0.05) is 38.6 Å². The van der Waals surface area contributed by atoms with E-state index in [9.17, 15) is 8.42 Å². The second-order valence-electron chi connectivity index (χ2n) is 8.17. The van der Waals surface area contributed by atoms with E-state index in [0.717, 1.165) is 36.3 Å². The molecule has 158 valence electrons. The topological polar surface area (TPSA) is 54.3 Å². The molecule has 4 rings (SSSR count). The summed E-state index contributed by atoms with van der Waals surface area (Å²) in [4.78, 5) is 2.73. The molecule has 2 heterocycles. The minimum Gasteiger partial charge on any atom is -0.353 e. The molecular formula is C24H29N3O2S. The van der Waals surface area contributed by atoms with E-state index in [1.54, 1.807) is 6.07 Å². The maximum absolute atomic E-state index is 13.1. The van der Waals surface area contributed by atoms with Crippen LogP contribution in [0.15, 0.2) is 65.7 Å². The van der Waals surface area contributed by atoms with Gasteiger partial charge in [0.2, 0.25) is 10.0 Å². The summed E-state index contributed by atoms with van der Waals surface area (Å²) in [6, 6.07) is 18.0. The summed E-state index contributed by atoms with van der Waals surface area (Å²) in [5.41, 5.74) is 5.64. The van der Waals surface area contributed by atoms with Crippen molar-refractivity contribution in [3.05, 3.63) is 88.7 Å². The Labute approximate surface area is 179 Å². The van der Waals surface area contributed by atoms with Crippen LogP contribution < -0.4 is 4.72 Å². The number of hydrogen-bond acceptors (Lipinski definition) is 3. The molecule has 0 amide bonds. The molecule has 0 bridgehead atoms. The maximum atomic E-state index is 13.1. The van der Waals surface area contributed by atoms with E-state index >= 15 is 0 Å². The highest BCUT2D eigenvalue weighted by molar-refractivity contribution is 7.89. The van der Waals surface area contributed by atoms with Gasteiger partial charge in [-0.3, -0.25) is 4.90 Å². The van der Waals surface area contributed by atoms with Gasteiger partial charge in [0.25, 0.3) is 0 Å². The van der Waals surface area contributed by atoms with Crippen LogP contribution in [-0.4, -0.2) is 31.0 Å². The van der Waals surface area contributed by atoms with Crippen molar-refractivity contribution in [3.8, 4) is 0 Å². The molecule has 1 atom stereocenters. The fourth-order valence-corrected chi connectivity index (χ4v) is 5.65. The van der Waals surface area contributed by atoms with E-state index in [-0.39, 0.29) is 6.04 Å². The Bertz CT molecular complexity index is 1150. The molecule has 5 nitrogen and oxygen atoms in total. The van der Waals surface area contributed by atoms with Crippen LogP contribution in [0.2, 0.25) is 0 Å². The molecule has 30 heavy (non-hydrogen) atoms. The average molecular weight is 424 g/mol. The Morgan fingerprint density at radius 2 is 1.80 bits per heavy atom. The first-order valence-corrected chi connectivity index (χ1v) is 11.8. The van der Waals surface area contributed by atoms with E-state index in [0.29, 0.717) is 11.4 Å². The van der Waals surface area contributed by atoms with Gasteiger partial charge in [0.15, 0.2) is 0 Å². The van der Waals surface area contributed by atoms with Crippen LogP contribution in [0.3, 0.4) is 0 Å². The molecule has 0 unspecified atom stereocenters. The third kappa shape index (κ3) is 4.21. The maximum Gasteiger partial charge on any atom is 0.240 e. The molecule has 0 saturated heterocycles. The number of aromatic nitrogens is 1. The molecule has 3 aromatic rings. The van der Waals surface area contributed by atoms with Crippen LogP contribution in [0, 0.1) is 13.8 Å². The van der Waals surface area contributed by atoms with Gasteiger partial charge >= 0.3 is 0 Å². The van der Waals surface area contributed by atoms with Crippen molar-refractivity contribution in [2.24, 2.45) is 7.05 Å². The summed E-state index contributed by atoms with van der Waals surface area (Å²) in [7, 11) is -1.58. The Kier molecular flexibility index (Phi) is 5.82. The Balaban J connectivity index is 1.59. The third-order valence-corrected chi connectivity index (χ3v) is 7.60. The van der Waals surface area contributed by atoms with Crippen LogP contribution in [0.25, 0.3) is 0 Å². The number of benzene rings is 2. The minimum absolute atomic E-state index is 0.0427. The van der Waals surface area contributed by atoms with Gasteiger partial charge in [-0.05, 0) is 55.2 Å². The van der Waals surface area contributed by atoms with Gasteiger partial charge in [0.05, 0.1) is 10.9 Å². The van der Waals surface area contributed by atoms with Crippen molar-refractivity contribution in [1.82, 2.24) is 14.2 Å². The Hall–Kier alpha value is -2.41. The fourth-order valence-electron chi connectivity index (χ4n) is 4.39. The Morgan fingerprint density at radius 3 is 2.50 bits per heavy atom. The molecule has 0 fully saturated rings. The lowest BCUT2D eigenvalue weighted by molar-refractivity contribution is 0.174. The highest BCUT2D eigenvalue weighted by Gasteiger charge is 2.28. The molecular weight excluding hydrogens is 394 g/mol. The van der Waals surface area contributed by atoms with Gasteiger partial charge in [-0.15, -0.1) is 0 Å². The molecule has 1 N–H and O–H groups in total. The normalized spacial score (nSPS) is 15.7. The molecule has 1 aromatic heterocycles. The van der Waals surface area contributed by atoms with Crippen LogP contribution in [0.5, 0.6) is 0 Å². The molecule has 0 radical (unpaired) electrons. The van der Waals surface area contributed by atoms with Crippen LogP contribution in [0.1, 0.15) is 34.0 Å². The van der Waals surface area contributed by atoms with E-state index in [1.165, 1.54) is 11.1 Å². The molecule has 0 saturated carbocycles. The highest BCUT2D eigenvalue weighted by Crippen LogP contribution is 2.28. The zero-order valence-corrected chi connectivity index (χ0v) is 18.6. The summed E-state index contributed by atoms with van der Waals surface area (Å²) >= 11 is 0. The van der Waals surface area contributed by atoms with Gasteiger partial charge in [0.1, 0.15) is 0 Å². The SMILES string of the molecule is Cc1ccc(S(=O)(=O)NC[C@@H](c2cccn2C)N2CCc3ccccc3C2)c(C)c1. The summed E-state index contributed by atoms with van der Waals surface area (Å²) < 4.78 is 31.1. The van der Waals surface area contributed by atoms with E-state index in [4.69, 9.17) is 0 Å². The number of nitrogens with zero attached hydrogens (tertiary/aromatic N) is 2. The summed E-state index contributed by atoms with van der Waals surface area (Å²) in [6.45, 7) is 5.86. The van der Waals surface area contributed by atoms with Crippen molar-refractivity contribution in [2.75, 3.05) is 13.1 Å². The number of aryl methyl sites for hydroxylation is 3. The molecule has 2 aromatic carbocycles. The predicted octanol–water partition coefficient (Wildman–Crippen LogP) is 3.72. The van der Waals surface area contributed by atoms with Gasteiger partial charge < -0.3 is 4.57 Å². The second-order valence-corrected chi connectivity index (χ2v) is 9.91. The number of hydrogen-bond donors (Lipinski definition) is 1. The second kappa shape index (κ2) is 8.38. The van der Waals surface area contributed by atoms with Crippen LogP contribution >= 0.6 is 0 Å². The molecule has 0 aliphatic carbocycles. The zero-order valence-electron chi connectivity index (χ0n) is 17.8. The first-order chi connectivity index (χ1) is 14.3. The molecule has 1 aliphatic heterocycles. The Morgan fingerprint density at radius 1 is 1.03 bits per heavy atom. The predicted molar refractivity (Wildman–Crippen MR) is 120 cm³/mol. The van der Waals surface area contributed by atoms with E-state index in [2.05, 4.69) is 44.5 Å². The zero-order chi connectivity index (χ0) is 21.3. The monoisotopic (exact) mass is 423 g/mol. The number of sulfonamides is 1. The first kappa shape index (κ1) is 20.8. The smallest absolute Gasteiger partial charge is 0.240 e. The summed E-state index contributed by atoms with van der Waals surface area (Å²) in [5.74, 6) is 0. The van der Waals surface area contributed by atoms with Gasteiger partial charge in [-0.2, -0.15) is 0 Å². The third-order valence-electron chi connectivity index (χ3n) is 6.01. The fraction of sp³-hybridized carbons (Fsp3) is 0.333. The number of fused-ring (bicyclic) bond motifs is 1. The molecule has 1 aliphatic rings. The lowest BCUT2D eigenvalue weighted by Gasteiger charge is -2.36. The lowest BCUT2D eigenvalue weighted by Crippen LogP contribution is -2.41. The van der Waals surface area contributed by atoms with Gasteiger partial charge in [-0.1, -0.05) is 42.0 Å². The number of rotatable bonds is 6. The number of nitrogens with one attached hydrogen (secondary N) is 1. The lowest BCUT2D eigenvalue weighted by atomic mass is 9.98. The molecule has 0 spiro atoms. The van der Waals surface area contributed by atoms with Crippen molar-refractivity contribution in [2.45, 2.75) is 37.8 Å². The summed E-state index contributed by atoms with van der Waals surface area (Å²) in [5, 5.41) is 0.